The highest BCUT2D eigenvalue weighted by atomic mass is 35.5. The summed E-state index contributed by atoms with van der Waals surface area (Å²) in [5, 5.41) is 34.1. The fourth-order valence-electron chi connectivity index (χ4n) is 14.0. The summed E-state index contributed by atoms with van der Waals surface area (Å²) in [7, 11) is -12.3. The number of anilines is 2. The Morgan fingerprint density at radius 2 is 0.699 bits per heavy atom. The van der Waals surface area contributed by atoms with E-state index >= 15 is 0 Å². The second kappa shape index (κ2) is 39.9. The van der Waals surface area contributed by atoms with Crippen molar-refractivity contribution in [3.8, 4) is 17.2 Å². The van der Waals surface area contributed by atoms with E-state index in [1.54, 1.807) is 139 Å². The van der Waals surface area contributed by atoms with E-state index < -0.39 is 183 Å². The van der Waals surface area contributed by atoms with Crippen LogP contribution >= 0.6 is 57.6 Å². The molecule has 0 spiro atoms. The number of benzene rings is 3. The van der Waals surface area contributed by atoms with Gasteiger partial charge in [-0.05, 0) is 124 Å². The number of alkyl halides is 6. The molecule has 0 radical (unpaired) electrons. The summed E-state index contributed by atoms with van der Waals surface area (Å²) in [6, 6.07) is 29.1. The van der Waals surface area contributed by atoms with Crippen LogP contribution in [0.3, 0.4) is 0 Å². The molecule has 0 amide bonds. The molecule has 3 saturated heterocycles. The predicted molar refractivity (Wildman–Crippen MR) is 449 cm³/mol. The van der Waals surface area contributed by atoms with E-state index in [-0.39, 0.29) is 99.0 Å². The molecule has 44 heteroatoms. The fourth-order valence-corrected chi connectivity index (χ4v) is 21.1. The Morgan fingerprint density at radius 1 is 0.447 bits per heavy atom. The Bertz CT molecular complexity index is 4990. The molecule has 10 N–H and O–H groups in total. The predicted octanol–water partition coefficient (Wildman–Crippen LogP) is 12.1. The van der Waals surface area contributed by atoms with Crippen molar-refractivity contribution in [2.24, 2.45) is 17.8 Å². The lowest BCUT2D eigenvalue weighted by molar-refractivity contribution is -0.152. The van der Waals surface area contributed by atoms with E-state index in [0.717, 1.165) is 0 Å². The number of hydrogen-bond donors (Lipinski definition) is 8. The van der Waals surface area contributed by atoms with Crippen LogP contribution in [0.1, 0.15) is 108 Å². The number of fused-ring (bicyclic) bond motifs is 3. The van der Waals surface area contributed by atoms with E-state index in [2.05, 4.69) is 29.9 Å². The maximum atomic E-state index is 14.5. The van der Waals surface area contributed by atoms with Crippen molar-refractivity contribution in [3.05, 3.63) is 165 Å². The second-order valence-corrected chi connectivity index (χ2v) is 39.0. The van der Waals surface area contributed by atoms with Gasteiger partial charge in [-0.3, -0.25) is 52.3 Å². The van der Waals surface area contributed by atoms with Crippen LogP contribution in [-0.2, 0) is 70.1 Å². The summed E-state index contributed by atoms with van der Waals surface area (Å²) in [4.78, 5) is 88.4. The number of carbonyl (C=O) groups is 3. The molecule has 3 aliphatic rings. The first-order chi connectivity index (χ1) is 57.8. The van der Waals surface area contributed by atoms with Gasteiger partial charge in [0.2, 0.25) is 11.9 Å². The molecule has 9 heterocycles. The maximum absolute atomic E-state index is 14.5. The normalized spacial score (nSPS) is 25.6. The van der Waals surface area contributed by atoms with Gasteiger partial charge in [-0.25, -0.2) is 31.9 Å². The number of nitrogens with one attached hydrogen (secondary N) is 3. The minimum atomic E-state index is -4.12. The number of H-pyrrole nitrogens is 3. The molecular weight excluding hydrogens is 1740 g/mol. The largest absolute Gasteiger partial charge is 0.463 e. The van der Waals surface area contributed by atoms with Gasteiger partial charge >= 0.3 is 40.7 Å². The van der Waals surface area contributed by atoms with Crippen LogP contribution in [-0.4, -0.2) is 203 Å². The molecule has 123 heavy (non-hydrogen) atoms. The van der Waals surface area contributed by atoms with Crippen molar-refractivity contribution in [3.63, 3.8) is 0 Å². The molecule has 12 rings (SSSR count). The van der Waals surface area contributed by atoms with Crippen LogP contribution in [0, 0.1) is 24.7 Å². The number of nitrogen functional groups attached to an aromatic ring is 2. The SMILES string of the molecule is CC(C)OC(=O)[C@H](C)CP(=O)(Oc1ccccc1)O[C@H](C)[C@H]1O[C@@H](n2ccc3c(=O)[nH]c(N)nc32)C(Cl)(CF)[C@H]1O.CC(C)OC(=O)[C@H](C)C[P@@](=O)(Oc1ccccc1)O[C@H](C)[C@H]1O[C@@H](n2ccc3c(=O)[nH]c(N)nc32)C(Cl)(CF)[C@H]1O.Cc1nc2c(ccn2[C@@H]2O[C@H]([C@@H](C)O[P@](=O)(C[C@@H](C)C(=O)OC(C)C)Oc3ccccc3)[C@H](O)C2(Cl)CF)c(=O)[nH]1. The van der Waals surface area contributed by atoms with Crippen LogP contribution in [0.25, 0.3) is 33.1 Å². The highest BCUT2D eigenvalue weighted by Crippen LogP contribution is 2.58. The lowest BCUT2D eigenvalue weighted by atomic mass is 9.97. The molecule has 3 aliphatic heterocycles. The summed E-state index contributed by atoms with van der Waals surface area (Å²) in [5.74, 6) is -3.75. The summed E-state index contributed by atoms with van der Waals surface area (Å²) in [5.41, 5.74) is 10.3. The van der Waals surface area contributed by atoms with E-state index in [9.17, 15) is 71.0 Å². The smallest absolute Gasteiger partial charge is 0.380 e. The number of aryl methyl sites for hydroxylation is 1. The molecule has 3 fully saturated rings. The van der Waals surface area contributed by atoms with Crippen LogP contribution in [0.4, 0.5) is 25.1 Å². The molecule has 9 aromatic rings. The van der Waals surface area contributed by atoms with Crippen molar-refractivity contribution in [2.45, 2.75) is 197 Å². The van der Waals surface area contributed by atoms with E-state index in [1.807, 2.05) is 0 Å². The Balaban J connectivity index is 0.000000193. The number of para-hydroxylation sites is 3. The Hall–Kier alpha value is -8.68. The molecule has 0 saturated carbocycles. The summed E-state index contributed by atoms with van der Waals surface area (Å²) in [6.45, 7) is 17.1. The quantitative estimate of drug-likeness (QED) is 0.00819. The van der Waals surface area contributed by atoms with Crippen LogP contribution in [0.2, 0.25) is 0 Å². The Morgan fingerprint density at radius 3 is 0.951 bits per heavy atom. The topological polar surface area (TPSA) is 478 Å². The zero-order valence-corrected chi connectivity index (χ0v) is 74.1. The first kappa shape index (κ1) is 96.5. The van der Waals surface area contributed by atoms with Gasteiger partial charge < -0.3 is 87.5 Å². The number of ether oxygens (including phenoxy) is 6. The molecule has 35 nitrogen and oxygen atoms in total. The third kappa shape index (κ3) is 22.1. The Kier molecular flexibility index (Phi) is 31.3. The fraction of sp³-hybridized carbons (Fsp3) is 0.506. The second-order valence-electron chi connectivity index (χ2n) is 31.0. The van der Waals surface area contributed by atoms with Crippen molar-refractivity contribution in [2.75, 3.05) is 50.0 Å². The number of nitrogens with zero attached hydrogens (tertiary/aromatic N) is 6. The van der Waals surface area contributed by atoms with Gasteiger partial charge in [0.05, 0.1) is 89.0 Å². The number of aliphatic hydroxyl groups is 3. The highest BCUT2D eigenvalue weighted by molar-refractivity contribution is 7.55. The number of esters is 3. The Labute approximate surface area is 718 Å². The molecule has 4 unspecified atom stereocenters. The van der Waals surface area contributed by atoms with Gasteiger partial charge in [0, 0.05) is 18.6 Å². The first-order valence-corrected chi connectivity index (χ1v) is 45.4. The highest BCUT2D eigenvalue weighted by Gasteiger charge is 2.62. The molecule has 0 bridgehead atoms. The number of aromatic nitrogens is 9. The first-order valence-electron chi connectivity index (χ1n) is 39.1. The standard InChI is InChI=1S/C27H34ClFN3O8P.2C26H33ClFN4O8P/c1-15(2)37-25(35)16(3)13-41(36,40-19-9-7-6-8-10-19)39-17(4)21-22(33)27(28,14-29)26(38-21)32-12-11-20-23(32)30-18(5)31-24(20)34;2*1-14(2)37-23(35)15(3)12-41(36,40-17-8-6-5-7-9-17)39-16(4)19-20(33)26(27,13-28)24(38-19)32-11-10-18-21(32)30-25(29)31-22(18)34/h6-12,15-17,21-22,26,33H,13-14H2,1-5H3,(H,30,31,34);2*5-11,14-16,19-20,24,33H,12-13H2,1-4H3,(H3,29,30,31,34)/t16-,17-,21-,22+,26-,27?,41-;15-,16-,19-,20+,24-,26?,41?;15-,16-,19-,20+,24-,26?,41+/m111/s1. The van der Waals surface area contributed by atoms with Crippen LogP contribution in [0.5, 0.6) is 17.2 Å². The van der Waals surface area contributed by atoms with Gasteiger partial charge in [-0.15, -0.1) is 34.8 Å². The summed E-state index contributed by atoms with van der Waals surface area (Å²) < 4.78 is 159. The average Bonchev–Trinajstić information content (AvgIpc) is 1.59. The number of rotatable bonds is 33. The zero-order chi connectivity index (χ0) is 90.3. The minimum absolute atomic E-state index is 0.0618. The third-order valence-electron chi connectivity index (χ3n) is 19.9. The molecule has 0 aliphatic carbocycles. The maximum Gasteiger partial charge on any atom is 0.380 e. The van der Waals surface area contributed by atoms with Gasteiger partial charge in [0.25, 0.3) is 16.7 Å². The van der Waals surface area contributed by atoms with Crippen LogP contribution < -0.4 is 41.7 Å². The van der Waals surface area contributed by atoms with Gasteiger partial charge in [0.15, 0.2) is 30.0 Å². The number of nitrogens with two attached hydrogens (primary N) is 2. The number of carbonyl (C=O) groups excluding carboxylic acids is 3. The van der Waals surface area contributed by atoms with Gasteiger partial charge in [0.1, 0.15) is 100.0 Å². The van der Waals surface area contributed by atoms with E-state index in [1.165, 1.54) is 92.0 Å². The van der Waals surface area contributed by atoms with Gasteiger partial charge in [-0.2, -0.15) is 9.97 Å². The minimum Gasteiger partial charge on any atom is -0.463 e. The number of aromatic amines is 3. The molecule has 672 valence electrons. The van der Waals surface area contributed by atoms with E-state index in [0.29, 0.717) is 5.82 Å². The monoisotopic (exact) mass is 1840 g/mol. The number of aliphatic hydroxyl groups excluding tert-OH is 3. The molecule has 3 aromatic carbocycles. The van der Waals surface area contributed by atoms with Crippen molar-refractivity contribution in [1.29, 1.82) is 0 Å². The molecular formula is C79H100Cl3F3N11O24P3. The van der Waals surface area contributed by atoms with Crippen molar-refractivity contribution >= 4 is 120 Å². The molecule has 6 aromatic heterocycles. The van der Waals surface area contributed by atoms with Crippen LogP contribution in [0.15, 0.2) is 142 Å². The van der Waals surface area contributed by atoms with Crippen molar-refractivity contribution in [1.82, 2.24) is 43.6 Å². The third-order valence-corrected chi connectivity index (χ3v) is 27.8. The van der Waals surface area contributed by atoms with E-state index in [4.69, 9.17) is 102 Å². The summed E-state index contributed by atoms with van der Waals surface area (Å²) in [6.07, 6.45) is -14.3. The lowest BCUT2D eigenvalue weighted by Gasteiger charge is -2.29. The number of halogens is 6. The zero-order valence-electron chi connectivity index (χ0n) is 69.1. The van der Waals surface area contributed by atoms with Gasteiger partial charge in [-0.1, -0.05) is 75.4 Å². The lowest BCUT2D eigenvalue weighted by Crippen LogP contribution is -2.46. The summed E-state index contributed by atoms with van der Waals surface area (Å²) >= 11 is 19.9. The van der Waals surface area contributed by atoms with Crippen molar-refractivity contribution < 1.29 is 112 Å². The number of hydrogen-bond acceptors (Lipinski definition) is 29. The average molecular weight is 1840 g/mol. The molecule has 21 atom stereocenters.